The van der Waals surface area contributed by atoms with E-state index in [9.17, 15) is 31.1 Å². The number of rotatable bonds is 4. The molecule has 0 aliphatic heterocycles. The Labute approximate surface area is 92.4 Å². The lowest BCUT2D eigenvalue weighted by Gasteiger charge is -2.29. The summed E-state index contributed by atoms with van der Waals surface area (Å²) in [5, 5.41) is 8.53. The number of alkyl halides is 6. The number of esters is 1. The molecule has 0 fully saturated rings. The van der Waals surface area contributed by atoms with Crippen LogP contribution in [-0.2, 0) is 9.53 Å². The Morgan fingerprint density at radius 2 is 1.53 bits per heavy atom. The van der Waals surface area contributed by atoms with E-state index in [0.29, 0.717) is 6.42 Å². The van der Waals surface area contributed by atoms with Crippen LogP contribution in [0, 0.1) is 0 Å². The Morgan fingerprint density at radius 1 is 1.12 bits per heavy atom. The average Bonchev–Trinajstić information content (AvgIpc) is 2.13. The SMILES string of the molecule is CCCCOC(=O)C(O)(C(F)(F)F)C(F)(F)F. The lowest BCUT2D eigenvalue weighted by molar-refractivity contribution is -0.356. The van der Waals surface area contributed by atoms with Crippen molar-refractivity contribution in [3.63, 3.8) is 0 Å². The molecule has 9 heteroatoms. The van der Waals surface area contributed by atoms with Gasteiger partial charge in [0.05, 0.1) is 6.61 Å². The smallest absolute Gasteiger partial charge is 0.437 e. The second-order valence-corrected chi connectivity index (χ2v) is 3.20. The Balaban J connectivity index is 5.03. The van der Waals surface area contributed by atoms with Gasteiger partial charge in [0, 0.05) is 0 Å². The summed E-state index contributed by atoms with van der Waals surface area (Å²) in [7, 11) is 0. The molecule has 0 aliphatic rings. The maximum absolute atomic E-state index is 12.1. The fraction of sp³-hybridized carbons (Fsp3) is 0.875. The molecule has 0 aliphatic carbocycles. The molecule has 0 unspecified atom stereocenters. The third-order valence-electron chi connectivity index (χ3n) is 1.85. The molecular formula is C8H10F6O3. The Bertz CT molecular complexity index is 255. The number of carbonyl (C=O) groups excluding carboxylic acids is 1. The Kier molecular flexibility index (Phi) is 4.81. The van der Waals surface area contributed by atoms with Crippen LogP contribution in [0.1, 0.15) is 19.8 Å². The first kappa shape index (κ1) is 16.0. The van der Waals surface area contributed by atoms with Crippen LogP contribution in [0.25, 0.3) is 0 Å². The number of carbonyl (C=O) groups is 1. The van der Waals surface area contributed by atoms with Crippen molar-refractivity contribution < 1.29 is 41.0 Å². The van der Waals surface area contributed by atoms with Gasteiger partial charge in [0.1, 0.15) is 0 Å². The lowest BCUT2D eigenvalue weighted by atomic mass is 10.0. The molecule has 0 aromatic heterocycles. The van der Waals surface area contributed by atoms with Crippen LogP contribution in [0.2, 0.25) is 0 Å². The first-order chi connectivity index (χ1) is 7.48. The molecule has 0 saturated heterocycles. The number of hydrogen-bond donors (Lipinski definition) is 1. The third kappa shape index (κ3) is 3.24. The zero-order chi connectivity index (χ0) is 13.9. The molecule has 0 amide bonds. The van der Waals surface area contributed by atoms with Crippen LogP contribution in [0.4, 0.5) is 26.3 Å². The fourth-order valence-electron chi connectivity index (χ4n) is 0.806. The summed E-state index contributed by atoms with van der Waals surface area (Å²) in [5.74, 6) is -2.76. The van der Waals surface area contributed by atoms with Crippen LogP contribution in [0.5, 0.6) is 0 Å². The Morgan fingerprint density at radius 3 is 1.82 bits per heavy atom. The second-order valence-electron chi connectivity index (χ2n) is 3.20. The van der Waals surface area contributed by atoms with E-state index in [0.717, 1.165) is 0 Å². The number of unbranched alkanes of at least 4 members (excludes halogenated alkanes) is 1. The molecular weight excluding hydrogens is 258 g/mol. The van der Waals surface area contributed by atoms with Crippen molar-refractivity contribution in [3.05, 3.63) is 0 Å². The van der Waals surface area contributed by atoms with Gasteiger partial charge in [-0.2, -0.15) is 26.3 Å². The van der Waals surface area contributed by atoms with Crippen molar-refractivity contribution in [2.45, 2.75) is 37.7 Å². The normalized spacial score (nSPS) is 13.6. The van der Waals surface area contributed by atoms with Gasteiger partial charge in [-0.05, 0) is 6.42 Å². The van der Waals surface area contributed by atoms with Crippen molar-refractivity contribution in [2.24, 2.45) is 0 Å². The highest BCUT2D eigenvalue weighted by Gasteiger charge is 2.76. The highest BCUT2D eigenvalue weighted by Crippen LogP contribution is 2.43. The molecule has 0 heterocycles. The average molecular weight is 268 g/mol. The van der Waals surface area contributed by atoms with Crippen molar-refractivity contribution in [3.8, 4) is 0 Å². The zero-order valence-corrected chi connectivity index (χ0v) is 8.65. The van der Waals surface area contributed by atoms with Gasteiger partial charge in [-0.3, -0.25) is 0 Å². The van der Waals surface area contributed by atoms with E-state index in [1.165, 1.54) is 0 Å². The van der Waals surface area contributed by atoms with E-state index in [2.05, 4.69) is 4.74 Å². The van der Waals surface area contributed by atoms with E-state index in [4.69, 9.17) is 5.11 Å². The molecule has 0 spiro atoms. The summed E-state index contributed by atoms with van der Waals surface area (Å²) in [4.78, 5) is 10.7. The Hall–Kier alpha value is -0.990. The maximum atomic E-state index is 12.1. The monoisotopic (exact) mass is 268 g/mol. The van der Waals surface area contributed by atoms with Gasteiger partial charge in [0.15, 0.2) is 0 Å². The van der Waals surface area contributed by atoms with E-state index in [1.807, 2.05) is 0 Å². The molecule has 102 valence electrons. The van der Waals surface area contributed by atoms with E-state index >= 15 is 0 Å². The molecule has 1 N–H and O–H groups in total. The third-order valence-corrected chi connectivity index (χ3v) is 1.85. The summed E-state index contributed by atoms with van der Waals surface area (Å²) in [5.41, 5.74) is -5.48. The maximum Gasteiger partial charge on any atom is 0.437 e. The van der Waals surface area contributed by atoms with Gasteiger partial charge in [-0.25, -0.2) is 4.79 Å². The van der Waals surface area contributed by atoms with Crippen LogP contribution in [0.15, 0.2) is 0 Å². The molecule has 0 atom stereocenters. The predicted molar refractivity (Wildman–Crippen MR) is 42.9 cm³/mol. The van der Waals surface area contributed by atoms with Crippen LogP contribution in [-0.4, -0.2) is 35.6 Å². The molecule has 3 nitrogen and oxygen atoms in total. The second kappa shape index (κ2) is 5.11. The van der Waals surface area contributed by atoms with Crippen LogP contribution >= 0.6 is 0 Å². The van der Waals surface area contributed by atoms with Gasteiger partial charge >= 0.3 is 23.9 Å². The van der Waals surface area contributed by atoms with Gasteiger partial charge < -0.3 is 9.84 Å². The van der Waals surface area contributed by atoms with E-state index < -0.39 is 30.5 Å². The summed E-state index contributed by atoms with van der Waals surface area (Å²) < 4.78 is 76.3. The number of hydrogen-bond acceptors (Lipinski definition) is 3. The first-order valence-corrected chi connectivity index (χ1v) is 4.51. The standard InChI is InChI=1S/C8H10F6O3/c1-2-3-4-17-5(15)6(16,7(9,10)11)8(12,13)14/h16H,2-4H2,1H3. The van der Waals surface area contributed by atoms with Gasteiger partial charge in [-0.15, -0.1) is 0 Å². The fourth-order valence-corrected chi connectivity index (χ4v) is 0.806. The topological polar surface area (TPSA) is 46.5 Å². The van der Waals surface area contributed by atoms with Crippen LogP contribution in [0.3, 0.4) is 0 Å². The highest BCUT2D eigenvalue weighted by molar-refractivity contribution is 5.81. The predicted octanol–water partition coefficient (Wildman–Crippen LogP) is 2.19. The molecule has 17 heavy (non-hydrogen) atoms. The lowest BCUT2D eigenvalue weighted by Crippen LogP contribution is -2.63. The van der Waals surface area contributed by atoms with Crippen molar-refractivity contribution in [1.82, 2.24) is 0 Å². The van der Waals surface area contributed by atoms with Crippen molar-refractivity contribution >= 4 is 5.97 Å². The molecule has 0 aromatic rings. The summed E-state index contributed by atoms with van der Waals surface area (Å²) in [6, 6.07) is 0. The number of ether oxygens (including phenoxy) is 1. The minimum absolute atomic E-state index is 0.0948. The number of aliphatic hydroxyl groups is 1. The van der Waals surface area contributed by atoms with E-state index in [-0.39, 0.29) is 6.42 Å². The number of halogens is 6. The quantitative estimate of drug-likeness (QED) is 0.483. The molecule has 0 saturated carbocycles. The van der Waals surface area contributed by atoms with Gasteiger partial charge in [0.2, 0.25) is 0 Å². The molecule has 0 rings (SSSR count). The van der Waals surface area contributed by atoms with E-state index in [1.54, 1.807) is 6.92 Å². The highest BCUT2D eigenvalue weighted by atomic mass is 19.4. The summed E-state index contributed by atoms with van der Waals surface area (Å²) in [6.45, 7) is 0.970. The van der Waals surface area contributed by atoms with Gasteiger partial charge in [-0.1, -0.05) is 13.3 Å². The zero-order valence-electron chi connectivity index (χ0n) is 8.65. The van der Waals surface area contributed by atoms with Crippen molar-refractivity contribution in [2.75, 3.05) is 6.61 Å². The van der Waals surface area contributed by atoms with Crippen LogP contribution < -0.4 is 0 Å². The largest absolute Gasteiger partial charge is 0.463 e. The molecule has 0 aromatic carbocycles. The first-order valence-electron chi connectivity index (χ1n) is 4.51. The van der Waals surface area contributed by atoms with Gasteiger partial charge in [0.25, 0.3) is 0 Å². The summed E-state index contributed by atoms with van der Waals surface area (Å²) >= 11 is 0. The van der Waals surface area contributed by atoms with Crippen molar-refractivity contribution in [1.29, 1.82) is 0 Å². The summed E-state index contributed by atoms with van der Waals surface area (Å²) in [6.07, 6.45) is -11.9. The molecule has 0 bridgehead atoms. The minimum Gasteiger partial charge on any atom is -0.463 e. The molecule has 0 radical (unpaired) electrons. The minimum atomic E-state index is -6.19.